The van der Waals surface area contributed by atoms with Gasteiger partial charge in [0.15, 0.2) is 0 Å². The molecule has 0 aliphatic heterocycles. The Balaban J connectivity index is -0.000000240. The van der Waals surface area contributed by atoms with Gasteiger partial charge in [-0.15, -0.1) is 0 Å². The number of carbonyl (C=O) groups is 3. The summed E-state index contributed by atoms with van der Waals surface area (Å²) in [6, 6.07) is 10.5. The Bertz CT molecular complexity index is 387. The molecule has 0 bridgehead atoms. The van der Waals surface area contributed by atoms with Gasteiger partial charge in [-0.05, 0) is 19.3 Å². The molecule has 0 unspecified atom stereocenters. The number of hydrogen-bond donors (Lipinski definition) is 0. The minimum atomic E-state index is -0.995. The van der Waals surface area contributed by atoms with Gasteiger partial charge in [0.25, 0.3) is 0 Å². The van der Waals surface area contributed by atoms with Crippen molar-refractivity contribution >= 4 is 40.4 Å². The average molecular weight is 429 g/mol. The van der Waals surface area contributed by atoms with Crippen molar-refractivity contribution in [2.45, 2.75) is 44.5 Å². The van der Waals surface area contributed by atoms with Crippen LogP contribution in [0.5, 0.6) is 0 Å². The molecule has 7 heteroatoms. The van der Waals surface area contributed by atoms with Crippen LogP contribution in [0.3, 0.4) is 0 Å². The van der Waals surface area contributed by atoms with Gasteiger partial charge in [0.2, 0.25) is 0 Å². The Hall–Kier alpha value is -1.57. The summed E-state index contributed by atoms with van der Waals surface area (Å²) >= 11 is 1.59. The number of rotatable bonds is 4. The zero-order valence-corrected chi connectivity index (χ0v) is 16.5. The van der Waals surface area contributed by atoms with E-state index in [1.807, 2.05) is 0 Å². The van der Waals surface area contributed by atoms with Gasteiger partial charge in [0, 0.05) is 17.9 Å². The van der Waals surface area contributed by atoms with Crippen LogP contribution >= 0.6 is 0 Å². The van der Waals surface area contributed by atoms with Gasteiger partial charge in [0.1, 0.15) is 0 Å². The van der Waals surface area contributed by atoms with Gasteiger partial charge in [-0.25, -0.2) is 0 Å². The van der Waals surface area contributed by atoms with E-state index in [1.54, 1.807) is 22.5 Å². The summed E-state index contributed by atoms with van der Waals surface area (Å²) in [6.45, 7) is 4.61. The number of carboxylic acid groups (broad SMARTS) is 3. The molecule has 0 fully saturated rings. The first kappa shape index (κ1) is 26.3. The standard InChI is InChI=1S/C7H7.3C3H6O2.Sn/c1-7-5-3-2-4-6-7;3*1-2-3(4)5;/h2-6H,1H2;3*2H2,1H3,(H,4,5);/q;;;;+3/p-3. The molecule has 1 aromatic carbocycles. The van der Waals surface area contributed by atoms with Gasteiger partial charge in [-0.3, -0.25) is 0 Å². The third-order valence-corrected chi connectivity index (χ3v) is 3.08. The molecule has 1 aromatic rings. The van der Waals surface area contributed by atoms with E-state index in [2.05, 4.69) is 30.3 Å². The Morgan fingerprint density at radius 2 is 1.04 bits per heavy atom. The van der Waals surface area contributed by atoms with Crippen LogP contribution < -0.4 is 15.3 Å². The van der Waals surface area contributed by atoms with Crippen LogP contribution in [-0.4, -0.2) is 40.4 Å². The number of carbonyl (C=O) groups excluding carboxylic acids is 3. The van der Waals surface area contributed by atoms with Gasteiger partial charge in [-0.1, -0.05) is 20.8 Å². The first-order valence-corrected chi connectivity index (χ1v) is 9.04. The van der Waals surface area contributed by atoms with Crippen LogP contribution in [0.15, 0.2) is 30.3 Å². The average Bonchev–Trinajstić information content (AvgIpc) is 2.57. The molecule has 0 aromatic heterocycles. The van der Waals surface area contributed by atoms with E-state index >= 15 is 0 Å². The summed E-state index contributed by atoms with van der Waals surface area (Å²) in [5, 5.41) is 27.8. The van der Waals surface area contributed by atoms with E-state index in [4.69, 9.17) is 0 Å². The van der Waals surface area contributed by atoms with Crippen molar-refractivity contribution in [3.8, 4) is 0 Å². The molecule has 0 saturated carbocycles. The normalized spacial score (nSPS) is 8.04. The van der Waals surface area contributed by atoms with E-state index in [0.29, 0.717) is 0 Å². The van der Waals surface area contributed by atoms with E-state index in [1.165, 1.54) is 30.8 Å². The quantitative estimate of drug-likeness (QED) is 0.555. The fourth-order valence-electron chi connectivity index (χ4n) is 0.596. The first-order chi connectivity index (χ1) is 10.7. The van der Waals surface area contributed by atoms with Crippen molar-refractivity contribution in [1.82, 2.24) is 0 Å². The van der Waals surface area contributed by atoms with Crippen LogP contribution in [0.1, 0.15) is 45.6 Å². The van der Waals surface area contributed by atoms with E-state index < -0.39 is 17.9 Å². The Morgan fingerprint density at radius 3 is 1.17 bits per heavy atom. The summed E-state index contributed by atoms with van der Waals surface area (Å²) in [5.74, 6) is -2.99. The van der Waals surface area contributed by atoms with Crippen LogP contribution in [0, 0.1) is 0 Å². The zero-order valence-electron chi connectivity index (χ0n) is 13.7. The summed E-state index contributed by atoms with van der Waals surface area (Å²) in [4.78, 5) is 27.8. The predicted octanol–water partition coefficient (Wildman–Crippen LogP) is -1.21. The molecule has 0 aliphatic rings. The van der Waals surface area contributed by atoms with Crippen molar-refractivity contribution in [3.05, 3.63) is 35.9 Å². The minimum absolute atomic E-state index is 0.111. The number of hydrogen-bond acceptors (Lipinski definition) is 6. The maximum atomic E-state index is 9.26. The molecule has 6 nitrogen and oxygen atoms in total. The molecule has 1 rings (SSSR count). The molecule has 0 N–H and O–H groups in total. The monoisotopic (exact) mass is 430 g/mol. The third-order valence-electron chi connectivity index (χ3n) is 1.91. The predicted molar refractivity (Wildman–Crippen MR) is 81.8 cm³/mol. The van der Waals surface area contributed by atoms with Crippen molar-refractivity contribution in [2.24, 2.45) is 0 Å². The van der Waals surface area contributed by atoms with Crippen molar-refractivity contribution in [1.29, 1.82) is 0 Å². The first-order valence-electron chi connectivity index (χ1n) is 7.02. The van der Waals surface area contributed by atoms with Crippen molar-refractivity contribution < 1.29 is 29.7 Å². The molecule has 0 radical (unpaired) electrons. The molecule has 0 spiro atoms. The Labute approximate surface area is 150 Å². The van der Waals surface area contributed by atoms with Gasteiger partial charge >= 0.3 is 62.9 Å². The van der Waals surface area contributed by atoms with Crippen LogP contribution in [-0.2, 0) is 18.8 Å². The molecule has 0 aliphatic carbocycles. The van der Waals surface area contributed by atoms with Crippen molar-refractivity contribution in [2.75, 3.05) is 0 Å². The maximum absolute atomic E-state index is 9.26. The number of benzene rings is 1. The third kappa shape index (κ3) is 33.3. The fourth-order valence-corrected chi connectivity index (χ4v) is 1.27. The number of aliphatic carboxylic acids is 3. The molecule has 0 saturated heterocycles. The Morgan fingerprint density at radius 1 is 0.783 bits per heavy atom. The molecular formula is C16H22O6Sn. The molecule has 126 valence electrons. The van der Waals surface area contributed by atoms with Crippen LogP contribution in [0.4, 0.5) is 0 Å². The second kappa shape index (κ2) is 20.4. The Kier molecular flexibility index (Phi) is 23.4. The summed E-state index contributed by atoms with van der Waals surface area (Å²) in [5.41, 5.74) is 1.45. The van der Waals surface area contributed by atoms with Gasteiger partial charge < -0.3 is 29.7 Å². The second-order valence-corrected chi connectivity index (χ2v) is 4.85. The van der Waals surface area contributed by atoms with E-state index in [0.717, 1.165) is 0 Å². The SMILES string of the molecule is CCC(=O)[O-].CCC(=O)[O-].CCC(=O)[O-].[Sn+3][CH2]c1ccccc1. The zero-order chi connectivity index (χ0) is 18.7. The van der Waals surface area contributed by atoms with Gasteiger partial charge in [-0.2, -0.15) is 0 Å². The van der Waals surface area contributed by atoms with Gasteiger partial charge in [0.05, 0.1) is 0 Å². The molecule has 0 amide bonds. The van der Waals surface area contributed by atoms with Crippen molar-refractivity contribution in [3.63, 3.8) is 0 Å². The number of carboxylic acids is 3. The fraction of sp³-hybridized carbons (Fsp3) is 0.438. The second-order valence-electron chi connectivity index (χ2n) is 3.84. The molecule has 0 atom stereocenters. The summed E-state index contributed by atoms with van der Waals surface area (Å²) < 4.78 is 1.23. The summed E-state index contributed by atoms with van der Waals surface area (Å²) in [6.07, 6.45) is 0.333. The molecule has 0 heterocycles. The summed E-state index contributed by atoms with van der Waals surface area (Å²) in [7, 11) is 0. The van der Waals surface area contributed by atoms with Crippen LogP contribution in [0.25, 0.3) is 0 Å². The topological polar surface area (TPSA) is 120 Å². The van der Waals surface area contributed by atoms with E-state index in [-0.39, 0.29) is 19.3 Å². The van der Waals surface area contributed by atoms with Crippen LogP contribution in [0.2, 0.25) is 0 Å². The molecular weight excluding hydrogens is 407 g/mol. The molecule has 23 heavy (non-hydrogen) atoms. The van der Waals surface area contributed by atoms with E-state index in [9.17, 15) is 29.7 Å².